The van der Waals surface area contributed by atoms with Crippen LogP contribution in [0.2, 0.25) is 0 Å². The van der Waals surface area contributed by atoms with Gasteiger partial charge >= 0.3 is 0 Å². The lowest BCUT2D eigenvalue weighted by Crippen LogP contribution is -2.51. The maximum Gasteiger partial charge on any atom is 0.246 e. The average molecular weight is 420 g/mol. The summed E-state index contributed by atoms with van der Waals surface area (Å²) in [6.45, 7) is 3.17. The first-order valence-electron chi connectivity index (χ1n) is 10.9. The van der Waals surface area contributed by atoms with Crippen molar-refractivity contribution in [1.29, 1.82) is 0 Å². The highest BCUT2D eigenvalue weighted by Gasteiger charge is 2.54. The van der Waals surface area contributed by atoms with Crippen molar-refractivity contribution < 1.29 is 14.3 Å². The summed E-state index contributed by atoms with van der Waals surface area (Å²) in [4.78, 5) is 30.9. The number of carbonyl (C=O) groups excluding carboxylic acids is 2. The number of aromatic nitrogens is 1. The number of fused-ring (bicyclic) bond motifs is 2. The van der Waals surface area contributed by atoms with Crippen molar-refractivity contribution in [3.63, 3.8) is 0 Å². The van der Waals surface area contributed by atoms with Gasteiger partial charge < -0.3 is 15.0 Å². The van der Waals surface area contributed by atoms with Crippen LogP contribution in [-0.4, -0.2) is 48.0 Å². The Morgan fingerprint density at radius 2 is 1.90 bits per heavy atom. The van der Waals surface area contributed by atoms with Crippen molar-refractivity contribution in [2.75, 3.05) is 20.2 Å². The van der Waals surface area contributed by atoms with E-state index in [9.17, 15) is 9.59 Å². The number of carbonyl (C=O) groups is 2. The summed E-state index contributed by atoms with van der Waals surface area (Å²) >= 11 is 0. The maximum atomic E-state index is 12.8. The number of rotatable bonds is 5. The summed E-state index contributed by atoms with van der Waals surface area (Å²) < 4.78 is 6.01. The number of nitrogens with one attached hydrogen (secondary N) is 1. The Kier molecular flexibility index (Phi) is 6.18. The summed E-state index contributed by atoms with van der Waals surface area (Å²) in [6, 6.07) is 11.9. The van der Waals surface area contributed by atoms with Crippen molar-refractivity contribution in [3.8, 4) is 0 Å². The van der Waals surface area contributed by atoms with Gasteiger partial charge in [-0.3, -0.25) is 14.6 Å². The molecule has 2 heterocycles. The van der Waals surface area contributed by atoms with Gasteiger partial charge in [0.2, 0.25) is 11.8 Å². The zero-order valence-corrected chi connectivity index (χ0v) is 18.1. The van der Waals surface area contributed by atoms with E-state index in [1.807, 2.05) is 42.2 Å². The molecule has 1 aliphatic carbocycles. The second-order valence-electron chi connectivity index (χ2n) is 8.24. The minimum atomic E-state index is -0.206. The SMILES string of the molecule is CCC(=O)N[C@H]1c2ccccc2C2(CCN(C(=O)/C=C/c3ccncc3)CC2)[C@@H]1OC. The van der Waals surface area contributed by atoms with Crippen molar-refractivity contribution >= 4 is 17.9 Å². The molecule has 1 N–H and O–H groups in total. The predicted molar refractivity (Wildman–Crippen MR) is 119 cm³/mol. The van der Waals surface area contributed by atoms with Gasteiger partial charge in [0, 0.05) is 50.5 Å². The molecule has 31 heavy (non-hydrogen) atoms. The summed E-state index contributed by atoms with van der Waals surface area (Å²) in [5, 5.41) is 3.17. The van der Waals surface area contributed by atoms with Gasteiger partial charge in [-0.2, -0.15) is 0 Å². The van der Waals surface area contributed by atoms with E-state index in [-0.39, 0.29) is 29.4 Å². The number of amides is 2. The van der Waals surface area contributed by atoms with Crippen LogP contribution in [0.25, 0.3) is 6.08 Å². The topological polar surface area (TPSA) is 71.5 Å². The van der Waals surface area contributed by atoms with Gasteiger partial charge in [0.05, 0.1) is 12.1 Å². The molecule has 2 amide bonds. The number of ether oxygens (including phenoxy) is 1. The molecule has 0 radical (unpaired) electrons. The Bertz CT molecular complexity index is 965. The molecule has 1 saturated heterocycles. The first kappa shape index (κ1) is 21.2. The molecule has 6 heteroatoms. The number of piperidine rings is 1. The summed E-state index contributed by atoms with van der Waals surface area (Å²) in [5.74, 6) is 0.0375. The number of hydrogen-bond acceptors (Lipinski definition) is 4. The van der Waals surface area contributed by atoms with Crippen LogP contribution < -0.4 is 5.32 Å². The molecule has 1 fully saturated rings. The highest BCUT2D eigenvalue weighted by molar-refractivity contribution is 5.91. The summed E-state index contributed by atoms with van der Waals surface area (Å²) in [5.41, 5.74) is 3.12. The lowest BCUT2D eigenvalue weighted by molar-refractivity contribution is -0.128. The third kappa shape index (κ3) is 4.00. The molecule has 0 saturated carbocycles. The number of benzene rings is 1. The van der Waals surface area contributed by atoms with Crippen LogP contribution >= 0.6 is 0 Å². The predicted octanol–water partition coefficient (Wildman–Crippen LogP) is 3.25. The van der Waals surface area contributed by atoms with Gasteiger partial charge in [0.25, 0.3) is 0 Å². The summed E-state index contributed by atoms with van der Waals surface area (Å²) in [7, 11) is 1.72. The van der Waals surface area contributed by atoms with Crippen LogP contribution in [0.4, 0.5) is 0 Å². The van der Waals surface area contributed by atoms with E-state index in [2.05, 4.69) is 22.4 Å². The molecule has 4 rings (SSSR count). The molecular formula is C25H29N3O3. The molecule has 1 aliphatic heterocycles. The van der Waals surface area contributed by atoms with Gasteiger partial charge in [-0.05, 0) is 47.7 Å². The van der Waals surface area contributed by atoms with Gasteiger partial charge in [-0.25, -0.2) is 0 Å². The Morgan fingerprint density at radius 1 is 1.19 bits per heavy atom. The molecule has 2 aliphatic rings. The van der Waals surface area contributed by atoms with E-state index >= 15 is 0 Å². The van der Waals surface area contributed by atoms with E-state index in [1.54, 1.807) is 25.6 Å². The zero-order valence-electron chi connectivity index (χ0n) is 18.1. The molecular weight excluding hydrogens is 390 g/mol. The second-order valence-corrected chi connectivity index (χ2v) is 8.24. The van der Waals surface area contributed by atoms with Gasteiger partial charge in [0.1, 0.15) is 0 Å². The molecule has 162 valence electrons. The minimum Gasteiger partial charge on any atom is -0.378 e. The Hall–Kier alpha value is -2.99. The molecule has 1 aromatic heterocycles. The molecule has 6 nitrogen and oxygen atoms in total. The first-order valence-corrected chi connectivity index (χ1v) is 10.9. The van der Waals surface area contributed by atoms with Crippen molar-refractivity contribution in [2.45, 2.75) is 43.7 Å². The highest BCUT2D eigenvalue weighted by atomic mass is 16.5. The average Bonchev–Trinajstić information content (AvgIpc) is 3.07. The van der Waals surface area contributed by atoms with Gasteiger partial charge in [-0.15, -0.1) is 0 Å². The van der Waals surface area contributed by atoms with Crippen LogP contribution in [-0.2, 0) is 19.7 Å². The van der Waals surface area contributed by atoms with Crippen LogP contribution in [0.1, 0.15) is 48.9 Å². The van der Waals surface area contributed by atoms with E-state index in [0.717, 1.165) is 24.0 Å². The van der Waals surface area contributed by atoms with Crippen molar-refractivity contribution in [2.24, 2.45) is 0 Å². The Balaban J connectivity index is 1.53. The monoisotopic (exact) mass is 419 g/mol. The number of hydrogen-bond donors (Lipinski definition) is 1. The van der Waals surface area contributed by atoms with E-state index in [0.29, 0.717) is 19.5 Å². The third-order valence-corrected chi connectivity index (χ3v) is 6.66. The molecule has 2 aromatic rings. The molecule has 0 unspecified atom stereocenters. The molecule has 0 bridgehead atoms. The summed E-state index contributed by atoms with van der Waals surface area (Å²) in [6.07, 6.45) is 8.78. The zero-order chi connectivity index (χ0) is 21.8. The van der Waals surface area contributed by atoms with Crippen LogP contribution in [0, 0.1) is 0 Å². The van der Waals surface area contributed by atoms with Crippen molar-refractivity contribution in [3.05, 3.63) is 71.6 Å². The lowest BCUT2D eigenvalue weighted by atomic mass is 9.72. The molecule has 1 spiro atoms. The smallest absolute Gasteiger partial charge is 0.246 e. The quantitative estimate of drug-likeness (QED) is 0.756. The fraction of sp³-hybridized carbons (Fsp3) is 0.400. The third-order valence-electron chi connectivity index (χ3n) is 6.66. The maximum absolute atomic E-state index is 12.8. The lowest BCUT2D eigenvalue weighted by Gasteiger charge is -2.43. The fourth-order valence-electron chi connectivity index (χ4n) is 5.08. The number of pyridine rings is 1. The normalized spacial score (nSPS) is 21.9. The van der Waals surface area contributed by atoms with E-state index in [4.69, 9.17) is 4.74 Å². The van der Waals surface area contributed by atoms with E-state index in [1.165, 1.54) is 5.56 Å². The van der Waals surface area contributed by atoms with Crippen molar-refractivity contribution in [1.82, 2.24) is 15.2 Å². The highest BCUT2D eigenvalue weighted by Crippen LogP contribution is 2.52. The van der Waals surface area contributed by atoms with Crippen LogP contribution in [0.5, 0.6) is 0 Å². The number of likely N-dealkylation sites (tertiary alicyclic amines) is 1. The fourth-order valence-corrected chi connectivity index (χ4v) is 5.08. The van der Waals surface area contributed by atoms with Crippen LogP contribution in [0.3, 0.4) is 0 Å². The number of methoxy groups -OCH3 is 1. The van der Waals surface area contributed by atoms with Gasteiger partial charge in [0.15, 0.2) is 0 Å². The van der Waals surface area contributed by atoms with Gasteiger partial charge in [-0.1, -0.05) is 31.2 Å². The minimum absolute atomic E-state index is 0.0164. The number of nitrogens with zero attached hydrogens (tertiary/aromatic N) is 2. The standard InChI is InChI=1S/C25H29N3O3/c1-3-21(29)27-23-19-6-4-5-7-20(19)25(24(23)31-2)12-16-28(17-13-25)22(30)9-8-18-10-14-26-15-11-18/h4-11,14-15,23-24H,3,12-13,16-17H2,1-2H3,(H,27,29)/b9-8+/t23-,24+/m0/s1. The van der Waals surface area contributed by atoms with E-state index < -0.39 is 0 Å². The second kappa shape index (κ2) is 9.02. The Labute approximate surface area is 183 Å². The molecule has 1 aromatic carbocycles. The largest absolute Gasteiger partial charge is 0.378 e. The Morgan fingerprint density at radius 3 is 2.58 bits per heavy atom. The first-order chi connectivity index (χ1) is 15.1. The molecule has 2 atom stereocenters. The van der Waals surface area contributed by atoms with Crippen LogP contribution in [0.15, 0.2) is 54.9 Å².